The standard InChI is InChI=1S/C19H20N2O4/c1-25-18(23)11-10-17(22)21-16-9-5-8-15(12-16)19(24)20-13-14-6-3-2-4-7-14/h2-9,12H,10-11,13H2,1H3,(H,20,24)(H,21,22). The van der Waals surface area contributed by atoms with Gasteiger partial charge in [0.05, 0.1) is 13.5 Å². The predicted octanol–water partition coefficient (Wildman–Crippen LogP) is 2.51. The maximum atomic E-state index is 12.2. The first-order valence-electron chi connectivity index (χ1n) is 7.87. The SMILES string of the molecule is COC(=O)CCC(=O)Nc1cccc(C(=O)NCc2ccccc2)c1. The molecule has 0 saturated carbocycles. The average Bonchev–Trinajstić information content (AvgIpc) is 2.65. The lowest BCUT2D eigenvalue weighted by molar-refractivity contribution is -0.141. The zero-order valence-electron chi connectivity index (χ0n) is 14.0. The summed E-state index contributed by atoms with van der Waals surface area (Å²) in [5.41, 5.74) is 1.95. The van der Waals surface area contributed by atoms with E-state index in [1.807, 2.05) is 30.3 Å². The Kier molecular flexibility index (Phi) is 6.71. The van der Waals surface area contributed by atoms with Crippen LogP contribution >= 0.6 is 0 Å². The van der Waals surface area contributed by atoms with Crippen molar-refractivity contribution in [2.24, 2.45) is 0 Å². The number of esters is 1. The zero-order valence-corrected chi connectivity index (χ0v) is 14.0. The number of ether oxygens (including phenoxy) is 1. The van der Waals surface area contributed by atoms with Gasteiger partial charge < -0.3 is 15.4 Å². The molecule has 0 spiro atoms. The van der Waals surface area contributed by atoms with E-state index in [-0.39, 0.29) is 24.7 Å². The Labute approximate surface area is 146 Å². The van der Waals surface area contributed by atoms with Crippen LogP contribution in [0.3, 0.4) is 0 Å². The number of nitrogens with one attached hydrogen (secondary N) is 2. The van der Waals surface area contributed by atoms with Crippen molar-refractivity contribution in [1.29, 1.82) is 0 Å². The van der Waals surface area contributed by atoms with E-state index in [1.54, 1.807) is 24.3 Å². The molecular formula is C19H20N2O4. The van der Waals surface area contributed by atoms with Crippen LogP contribution in [0.2, 0.25) is 0 Å². The number of methoxy groups -OCH3 is 1. The van der Waals surface area contributed by atoms with Crippen LogP contribution in [0.15, 0.2) is 54.6 Å². The van der Waals surface area contributed by atoms with Gasteiger partial charge in [-0.2, -0.15) is 0 Å². The molecule has 0 aliphatic heterocycles. The van der Waals surface area contributed by atoms with Gasteiger partial charge in [-0.3, -0.25) is 14.4 Å². The van der Waals surface area contributed by atoms with Gasteiger partial charge in [0.2, 0.25) is 5.91 Å². The second kappa shape index (κ2) is 9.22. The summed E-state index contributed by atoms with van der Waals surface area (Å²) in [6.45, 7) is 0.426. The fourth-order valence-corrected chi connectivity index (χ4v) is 2.16. The van der Waals surface area contributed by atoms with Crippen molar-refractivity contribution in [3.05, 3.63) is 65.7 Å². The topological polar surface area (TPSA) is 84.5 Å². The minimum atomic E-state index is -0.441. The van der Waals surface area contributed by atoms with Crippen molar-refractivity contribution < 1.29 is 19.1 Å². The monoisotopic (exact) mass is 340 g/mol. The number of benzene rings is 2. The minimum Gasteiger partial charge on any atom is -0.469 e. The molecule has 0 atom stereocenters. The molecule has 0 unspecified atom stereocenters. The van der Waals surface area contributed by atoms with E-state index in [2.05, 4.69) is 15.4 Å². The van der Waals surface area contributed by atoms with E-state index >= 15 is 0 Å². The number of hydrogen-bond donors (Lipinski definition) is 2. The third kappa shape index (κ3) is 6.10. The highest BCUT2D eigenvalue weighted by molar-refractivity contribution is 5.97. The van der Waals surface area contributed by atoms with E-state index in [9.17, 15) is 14.4 Å². The molecule has 0 aliphatic rings. The molecule has 0 fully saturated rings. The Balaban J connectivity index is 1.90. The summed E-state index contributed by atoms with van der Waals surface area (Å²) in [5.74, 6) is -0.981. The Bertz CT molecular complexity index is 744. The molecule has 2 N–H and O–H groups in total. The molecule has 25 heavy (non-hydrogen) atoms. The summed E-state index contributed by atoms with van der Waals surface area (Å²) < 4.78 is 4.49. The molecule has 2 rings (SSSR count). The van der Waals surface area contributed by atoms with E-state index < -0.39 is 5.97 Å². The van der Waals surface area contributed by atoms with E-state index in [0.29, 0.717) is 17.8 Å². The molecule has 0 saturated heterocycles. The van der Waals surface area contributed by atoms with Gasteiger partial charge in [-0.05, 0) is 23.8 Å². The Morgan fingerprint density at radius 1 is 0.960 bits per heavy atom. The summed E-state index contributed by atoms with van der Waals surface area (Å²) in [6.07, 6.45) is 0.0384. The van der Waals surface area contributed by atoms with Gasteiger partial charge in [0, 0.05) is 24.2 Å². The van der Waals surface area contributed by atoms with Crippen molar-refractivity contribution in [2.75, 3.05) is 12.4 Å². The first-order chi connectivity index (χ1) is 12.1. The normalized spacial score (nSPS) is 9.96. The molecule has 6 heteroatoms. The van der Waals surface area contributed by atoms with Gasteiger partial charge >= 0.3 is 5.97 Å². The molecule has 0 radical (unpaired) electrons. The smallest absolute Gasteiger partial charge is 0.306 e. The highest BCUT2D eigenvalue weighted by Crippen LogP contribution is 2.12. The lowest BCUT2D eigenvalue weighted by Gasteiger charge is -2.08. The van der Waals surface area contributed by atoms with Crippen LogP contribution in [-0.2, 0) is 20.9 Å². The van der Waals surface area contributed by atoms with Crippen molar-refractivity contribution in [1.82, 2.24) is 5.32 Å². The van der Waals surface area contributed by atoms with Crippen LogP contribution in [0, 0.1) is 0 Å². The van der Waals surface area contributed by atoms with Crippen LogP contribution in [0.5, 0.6) is 0 Å². The first-order valence-corrected chi connectivity index (χ1v) is 7.87. The number of carbonyl (C=O) groups excluding carboxylic acids is 3. The summed E-state index contributed by atoms with van der Waals surface area (Å²) in [7, 11) is 1.28. The van der Waals surface area contributed by atoms with Crippen molar-refractivity contribution >= 4 is 23.5 Å². The molecule has 2 amide bonds. The lowest BCUT2D eigenvalue weighted by Crippen LogP contribution is -2.23. The Morgan fingerprint density at radius 2 is 1.72 bits per heavy atom. The highest BCUT2D eigenvalue weighted by atomic mass is 16.5. The lowest BCUT2D eigenvalue weighted by atomic mass is 10.1. The van der Waals surface area contributed by atoms with Gasteiger partial charge in [0.25, 0.3) is 5.91 Å². The number of hydrogen-bond acceptors (Lipinski definition) is 4. The molecular weight excluding hydrogens is 320 g/mol. The van der Waals surface area contributed by atoms with Gasteiger partial charge in [-0.25, -0.2) is 0 Å². The van der Waals surface area contributed by atoms with Crippen LogP contribution in [0.4, 0.5) is 5.69 Å². The summed E-state index contributed by atoms with van der Waals surface area (Å²) in [4.78, 5) is 35.1. The Morgan fingerprint density at radius 3 is 2.44 bits per heavy atom. The largest absolute Gasteiger partial charge is 0.469 e. The quantitative estimate of drug-likeness (QED) is 0.759. The van der Waals surface area contributed by atoms with Gasteiger partial charge in [-0.1, -0.05) is 36.4 Å². The van der Waals surface area contributed by atoms with E-state index in [1.165, 1.54) is 7.11 Å². The maximum absolute atomic E-state index is 12.2. The van der Waals surface area contributed by atoms with Gasteiger partial charge in [0.15, 0.2) is 0 Å². The summed E-state index contributed by atoms with van der Waals surface area (Å²) >= 11 is 0. The Hall–Kier alpha value is -3.15. The van der Waals surface area contributed by atoms with Crippen LogP contribution in [0.1, 0.15) is 28.8 Å². The van der Waals surface area contributed by atoms with Gasteiger partial charge in [-0.15, -0.1) is 0 Å². The second-order valence-corrected chi connectivity index (χ2v) is 5.37. The molecule has 0 aromatic heterocycles. The molecule has 6 nitrogen and oxygen atoms in total. The third-order valence-electron chi connectivity index (χ3n) is 3.49. The molecule has 130 valence electrons. The molecule has 2 aromatic rings. The van der Waals surface area contributed by atoms with Crippen LogP contribution in [-0.4, -0.2) is 24.9 Å². The van der Waals surface area contributed by atoms with Crippen molar-refractivity contribution in [2.45, 2.75) is 19.4 Å². The summed E-state index contributed by atoms with van der Waals surface area (Å²) in [6, 6.07) is 16.2. The molecule has 0 aliphatic carbocycles. The summed E-state index contributed by atoms with van der Waals surface area (Å²) in [5, 5.41) is 5.49. The fourth-order valence-electron chi connectivity index (χ4n) is 2.16. The van der Waals surface area contributed by atoms with Crippen LogP contribution < -0.4 is 10.6 Å². The number of amides is 2. The van der Waals surface area contributed by atoms with Crippen LogP contribution in [0.25, 0.3) is 0 Å². The zero-order chi connectivity index (χ0) is 18.1. The minimum absolute atomic E-state index is 0.0135. The maximum Gasteiger partial charge on any atom is 0.306 e. The van der Waals surface area contributed by atoms with E-state index in [0.717, 1.165) is 5.56 Å². The number of anilines is 1. The van der Waals surface area contributed by atoms with E-state index in [4.69, 9.17) is 0 Å². The average molecular weight is 340 g/mol. The van der Waals surface area contributed by atoms with Crippen molar-refractivity contribution in [3.63, 3.8) is 0 Å². The molecule has 0 heterocycles. The number of carbonyl (C=O) groups is 3. The second-order valence-electron chi connectivity index (χ2n) is 5.37. The number of rotatable bonds is 7. The fraction of sp³-hybridized carbons (Fsp3) is 0.211. The molecule has 2 aromatic carbocycles. The highest BCUT2D eigenvalue weighted by Gasteiger charge is 2.09. The first kappa shape index (κ1) is 18.2. The predicted molar refractivity (Wildman–Crippen MR) is 93.9 cm³/mol. The molecule has 0 bridgehead atoms. The third-order valence-corrected chi connectivity index (χ3v) is 3.49. The van der Waals surface area contributed by atoms with Gasteiger partial charge in [0.1, 0.15) is 0 Å². The van der Waals surface area contributed by atoms with Crippen molar-refractivity contribution in [3.8, 4) is 0 Å².